The predicted octanol–water partition coefficient (Wildman–Crippen LogP) is 6.32. The fourth-order valence-electron chi connectivity index (χ4n) is 4.14. The van der Waals surface area contributed by atoms with Crippen molar-refractivity contribution in [3.05, 3.63) is 76.6 Å². The molecule has 0 saturated carbocycles. The number of hydrogen-bond donors (Lipinski definition) is 1. The maximum Gasteiger partial charge on any atom is 0.253 e. The molecule has 188 valence electrons. The molecule has 1 unspecified atom stereocenters. The van der Waals surface area contributed by atoms with E-state index in [-0.39, 0.29) is 11.9 Å². The number of hydrogen-bond acceptors (Lipinski definition) is 5. The molecule has 1 N–H and O–H groups in total. The molecule has 4 rings (SSSR count). The van der Waals surface area contributed by atoms with Crippen LogP contribution < -0.4 is 10.1 Å². The summed E-state index contributed by atoms with van der Waals surface area (Å²) in [7, 11) is 1.67. The normalized spacial score (nSPS) is 11.9. The van der Waals surface area contributed by atoms with Crippen molar-refractivity contribution >= 4 is 17.2 Å². The third kappa shape index (κ3) is 5.68. The fourth-order valence-corrected chi connectivity index (χ4v) is 4.95. The first kappa shape index (κ1) is 25.6. The van der Waals surface area contributed by atoms with E-state index < -0.39 is 0 Å². The molecule has 1 atom stereocenters. The Kier molecular flexibility index (Phi) is 8.21. The zero-order valence-electron chi connectivity index (χ0n) is 21.7. The summed E-state index contributed by atoms with van der Waals surface area (Å²) in [5.41, 5.74) is 6.82. The number of aromatic nitrogens is 3. The van der Waals surface area contributed by atoms with Gasteiger partial charge in [0, 0.05) is 41.1 Å². The highest BCUT2D eigenvalue weighted by Crippen LogP contribution is 2.32. The standard InChI is InChI=1S/C29H34N4O2S/c1-6-19(3)31-28(34)25-17-27(26-18-36-29(32-26)22-12-14-30-23(7-2)16-22)33(20(25)4)15-13-21-8-10-24(35-5)11-9-21/h8-12,14,16-19H,6-7,13,15H2,1-5H3,(H,31,34). The number of carbonyl (C=O) groups excluding carboxylic acids is 1. The lowest BCUT2D eigenvalue weighted by molar-refractivity contribution is 0.0938. The molecule has 3 aromatic heterocycles. The molecule has 0 radical (unpaired) electrons. The topological polar surface area (TPSA) is 69.0 Å². The number of methoxy groups -OCH3 is 1. The van der Waals surface area contributed by atoms with Crippen molar-refractivity contribution in [1.29, 1.82) is 0 Å². The van der Waals surface area contributed by atoms with E-state index in [1.165, 1.54) is 5.56 Å². The first-order valence-electron chi connectivity index (χ1n) is 12.5. The van der Waals surface area contributed by atoms with Gasteiger partial charge in [0.15, 0.2) is 0 Å². The molecule has 0 aliphatic heterocycles. The van der Waals surface area contributed by atoms with E-state index >= 15 is 0 Å². The van der Waals surface area contributed by atoms with Gasteiger partial charge in [-0.25, -0.2) is 4.98 Å². The van der Waals surface area contributed by atoms with Crippen LogP contribution in [-0.4, -0.2) is 33.6 Å². The Labute approximate surface area is 217 Å². The van der Waals surface area contributed by atoms with E-state index in [2.05, 4.69) is 52.3 Å². The smallest absolute Gasteiger partial charge is 0.253 e. The Morgan fingerprint density at radius 1 is 1.17 bits per heavy atom. The average molecular weight is 503 g/mol. The highest BCUT2D eigenvalue weighted by Gasteiger charge is 2.21. The number of nitrogens with zero attached hydrogens (tertiary/aromatic N) is 3. The van der Waals surface area contributed by atoms with Crippen LogP contribution in [0.15, 0.2) is 54.0 Å². The van der Waals surface area contributed by atoms with Gasteiger partial charge in [-0.2, -0.15) is 0 Å². The first-order chi connectivity index (χ1) is 17.4. The second-order valence-electron chi connectivity index (χ2n) is 8.99. The summed E-state index contributed by atoms with van der Waals surface area (Å²) in [5.74, 6) is 0.807. The van der Waals surface area contributed by atoms with Crippen LogP contribution in [0.4, 0.5) is 0 Å². The maximum atomic E-state index is 13.1. The zero-order chi connectivity index (χ0) is 25.7. The molecule has 0 fully saturated rings. The SMILES string of the molecule is CCc1cc(-c2nc(-c3cc(C(=O)NC(C)CC)c(C)n3CCc3ccc(OC)cc3)cs2)ccn1. The minimum Gasteiger partial charge on any atom is -0.497 e. The lowest BCUT2D eigenvalue weighted by Gasteiger charge is -2.13. The lowest BCUT2D eigenvalue weighted by atomic mass is 10.1. The number of aryl methyl sites for hydroxylation is 2. The van der Waals surface area contributed by atoms with Gasteiger partial charge in [-0.1, -0.05) is 26.0 Å². The van der Waals surface area contributed by atoms with E-state index in [0.29, 0.717) is 5.56 Å². The summed E-state index contributed by atoms with van der Waals surface area (Å²) in [4.78, 5) is 22.5. The summed E-state index contributed by atoms with van der Waals surface area (Å²) < 4.78 is 7.51. The van der Waals surface area contributed by atoms with Crippen LogP contribution >= 0.6 is 11.3 Å². The van der Waals surface area contributed by atoms with Crippen molar-refractivity contribution < 1.29 is 9.53 Å². The minimum absolute atomic E-state index is 0.0385. The van der Waals surface area contributed by atoms with Crippen LogP contribution in [0.25, 0.3) is 22.0 Å². The Bertz CT molecular complexity index is 1320. The van der Waals surface area contributed by atoms with E-state index in [4.69, 9.17) is 9.72 Å². The van der Waals surface area contributed by atoms with Crippen LogP contribution in [0.1, 0.15) is 54.5 Å². The number of pyridine rings is 1. The number of rotatable bonds is 10. The molecule has 0 spiro atoms. The first-order valence-corrected chi connectivity index (χ1v) is 13.4. The molecule has 1 aromatic carbocycles. The van der Waals surface area contributed by atoms with Gasteiger partial charge in [0.2, 0.25) is 0 Å². The van der Waals surface area contributed by atoms with Crippen LogP contribution in [0.5, 0.6) is 5.75 Å². The van der Waals surface area contributed by atoms with Gasteiger partial charge in [-0.15, -0.1) is 11.3 Å². The van der Waals surface area contributed by atoms with Crippen LogP contribution in [0.2, 0.25) is 0 Å². The Morgan fingerprint density at radius 2 is 1.94 bits per heavy atom. The summed E-state index contributed by atoms with van der Waals surface area (Å²) in [6, 6.07) is 14.3. The molecule has 1 amide bonds. The maximum absolute atomic E-state index is 13.1. The van der Waals surface area contributed by atoms with Gasteiger partial charge in [-0.05, 0) is 69.0 Å². The van der Waals surface area contributed by atoms with Gasteiger partial charge in [0.25, 0.3) is 5.91 Å². The van der Waals surface area contributed by atoms with E-state index in [1.807, 2.05) is 44.3 Å². The van der Waals surface area contributed by atoms with Gasteiger partial charge in [-0.3, -0.25) is 9.78 Å². The number of nitrogens with one attached hydrogen (secondary N) is 1. The van der Waals surface area contributed by atoms with Crippen LogP contribution in [-0.2, 0) is 19.4 Å². The highest BCUT2D eigenvalue weighted by atomic mass is 32.1. The summed E-state index contributed by atoms with van der Waals surface area (Å²) in [6.45, 7) is 8.96. The molecule has 0 aliphatic carbocycles. The van der Waals surface area contributed by atoms with Gasteiger partial charge in [0.1, 0.15) is 10.8 Å². The van der Waals surface area contributed by atoms with Crippen LogP contribution in [0.3, 0.4) is 0 Å². The minimum atomic E-state index is -0.0385. The van der Waals surface area contributed by atoms with Crippen molar-refractivity contribution in [3.8, 4) is 27.7 Å². The predicted molar refractivity (Wildman–Crippen MR) is 147 cm³/mol. The highest BCUT2D eigenvalue weighted by molar-refractivity contribution is 7.13. The molecule has 3 heterocycles. The second-order valence-corrected chi connectivity index (χ2v) is 9.85. The van der Waals surface area contributed by atoms with Crippen molar-refractivity contribution in [3.63, 3.8) is 0 Å². The Morgan fingerprint density at radius 3 is 2.64 bits per heavy atom. The van der Waals surface area contributed by atoms with Crippen molar-refractivity contribution in [2.75, 3.05) is 7.11 Å². The molecule has 6 nitrogen and oxygen atoms in total. The number of thiazole rings is 1. The molecular formula is C29H34N4O2S. The van der Waals surface area contributed by atoms with Crippen molar-refractivity contribution in [2.45, 2.75) is 59.5 Å². The van der Waals surface area contributed by atoms with Gasteiger partial charge >= 0.3 is 0 Å². The molecular weight excluding hydrogens is 468 g/mol. The molecule has 7 heteroatoms. The van der Waals surface area contributed by atoms with Crippen molar-refractivity contribution in [2.24, 2.45) is 0 Å². The molecule has 0 bridgehead atoms. The van der Waals surface area contributed by atoms with E-state index in [9.17, 15) is 4.79 Å². The third-order valence-electron chi connectivity index (χ3n) is 6.58. The number of amides is 1. The Hall–Kier alpha value is -3.45. The fraction of sp³-hybridized carbons (Fsp3) is 0.345. The summed E-state index contributed by atoms with van der Waals surface area (Å²) in [6.07, 6.45) is 4.44. The Balaban J connectivity index is 1.68. The van der Waals surface area contributed by atoms with Crippen molar-refractivity contribution in [1.82, 2.24) is 19.9 Å². The molecule has 4 aromatic rings. The quantitative estimate of drug-likeness (QED) is 0.275. The zero-order valence-corrected chi connectivity index (χ0v) is 22.5. The van der Waals surface area contributed by atoms with Crippen LogP contribution in [0, 0.1) is 6.92 Å². The molecule has 0 aliphatic rings. The summed E-state index contributed by atoms with van der Waals surface area (Å²) >= 11 is 1.62. The largest absolute Gasteiger partial charge is 0.497 e. The van der Waals surface area contributed by atoms with Gasteiger partial charge < -0.3 is 14.6 Å². The number of ether oxygens (including phenoxy) is 1. The number of carbonyl (C=O) groups is 1. The van der Waals surface area contributed by atoms with E-state index in [0.717, 1.165) is 64.9 Å². The number of benzene rings is 1. The third-order valence-corrected chi connectivity index (χ3v) is 7.47. The van der Waals surface area contributed by atoms with E-state index in [1.54, 1.807) is 18.4 Å². The lowest BCUT2D eigenvalue weighted by Crippen LogP contribution is -2.32. The summed E-state index contributed by atoms with van der Waals surface area (Å²) in [5, 5.41) is 6.15. The van der Waals surface area contributed by atoms with Gasteiger partial charge in [0.05, 0.1) is 24.1 Å². The molecule has 36 heavy (non-hydrogen) atoms. The average Bonchev–Trinajstić information content (AvgIpc) is 3.52. The monoisotopic (exact) mass is 502 g/mol. The molecule has 0 saturated heterocycles. The second kappa shape index (κ2) is 11.5.